The lowest BCUT2D eigenvalue weighted by Gasteiger charge is -2.24. The maximum Gasteiger partial charge on any atom is 0.409 e. The van der Waals surface area contributed by atoms with Crippen LogP contribution in [0.2, 0.25) is 0 Å². The van der Waals surface area contributed by atoms with E-state index in [-0.39, 0.29) is 24.6 Å². The summed E-state index contributed by atoms with van der Waals surface area (Å²) in [7, 11) is 3.26. The Morgan fingerprint density at radius 3 is 1.94 bits per heavy atom. The molecule has 1 heterocycles. The van der Waals surface area contributed by atoms with Gasteiger partial charge >= 0.3 is 6.09 Å². The molecule has 0 saturated carbocycles. The van der Waals surface area contributed by atoms with Crippen molar-refractivity contribution in [2.24, 2.45) is 5.92 Å². The van der Waals surface area contributed by atoms with Crippen LogP contribution in [-0.4, -0.2) is 75.4 Å². The lowest BCUT2D eigenvalue weighted by Crippen LogP contribution is -2.41. The predicted octanol–water partition coefficient (Wildman–Crippen LogP) is 3.71. The van der Waals surface area contributed by atoms with E-state index in [2.05, 4.69) is 10.2 Å². The average Bonchev–Trinajstić information content (AvgIpc) is 3.11. The van der Waals surface area contributed by atoms with Crippen molar-refractivity contribution in [1.82, 2.24) is 15.1 Å². The standard InChI is InChI=1S/C27H37N3O5/c1-20(2)19-35-27(32)30-15-5-14-29(16-17-30)18-25(31)28-26(21-6-10-23(33-3)11-7-21)22-8-12-24(34-4)13-9-22/h6-13,20,26H,5,14-19H2,1-4H3,(H,28,31). The summed E-state index contributed by atoms with van der Waals surface area (Å²) in [6, 6.07) is 15.1. The monoisotopic (exact) mass is 483 g/mol. The summed E-state index contributed by atoms with van der Waals surface area (Å²) >= 11 is 0. The highest BCUT2D eigenvalue weighted by atomic mass is 16.6. The third-order valence-electron chi connectivity index (χ3n) is 5.96. The average molecular weight is 484 g/mol. The minimum Gasteiger partial charge on any atom is -0.497 e. The highest BCUT2D eigenvalue weighted by Gasteiger charge is 2.23. The zero-order valence-corrected chi connectivity index (χ0v) is 21.2. The Balaban J connectivity index is 1.64. The highest BCUT2D eigenvalue weighted by Crippen LogP contribution is 2.26. The van der Waals surface area contributed by atoms with Gasteiger partial charge in [-0.1, -0.05) is 38.1 Å². The molecule has 1 aliphatic rings. The van der Waals surface area contributed by atoms with E-state index < -0.39 is 0 Å². The van der Waals surface area contributed by atoms with E-state index in [1.165, 1.54) is 0 Å². The summed E-state index contributed by atoms with van der Waals surface area (Å²) in [5.74, 6) is 1.75. The lowest BCUT2D eigenvalue weighted by molar-refractivity contribution is -0.122. The summed E-state index contributed by atoms with van der Waals surface area (Å²) in [5, 5.41) is 3.19. The van der Waals surface area contributed by atoms with Gasteiger partial charge in [-0.2, -0.15) is 0 Å². The van der Waals surface area contributed by atoms with Gasteiger partial charge in [0.05, 0.1) is 33.4 Å². The normalized spacial score (nSPS) is 14.5. The third kappa shape index (κ3) is 7.89. The molecule has 8 heteroatoms. The first-order valence-electron chi connectivity index (χ1n) is 12.1. The van der Waals surface area contributed by atoms with E-state index in [1.54, 1.807) is 19.1 Å². The fourth-order valence-electron chi connectivity index (χ4n) is 4.00. The summed E-state index contributed by atoms with van der Waals surface area (Å²) in [6.45, 7) is 7.26. The zero-order chi connectivity index (χ0) is 25.2. The molecular formula is C27H37N3O5. The molecular weight excluding hydrogens is 446 g/mol. The van der Waals surface area contributed by atoms with E-state index in [4.69, 9.17) is 14.2 Å². The van der Waals surface area contributed by atoms with Crippen LogP contribution in [0.15, 0.2) is 48.5 Å². The van der Waals surface area contributed by atoms with Crippen molar-refractivity contribution in [2.45, 2.75) is 26.3 Å². The van der Waals surface area contributed by atoms with Gasteiger partial charge in [-0.25, -0.2) is 4.79 Å². The van der Waals surface area contributed by atoms with Crippen LogP contribution in [0.3, 0.4) is 0 Å². The quantitative estimate of drug-likeness (QED) is 0.586. The molecule has 0 unspecified atom stereocenters. The first-order chi connectivity index (χ1) is 16.9. The van der Waals surface area contributed by atoms with Crippen molar-refractivity contribution >= 4 is 12.0 Å². The number of benzene rings is 2. The molecule has 190 valence electrons. The molecule has 1 fully saturated rings. The number of nitrogens with zero attached hydrogens (tertiary/aromatic N) is 2. The SMILES string of the molecule is COc1ccc(C(NC(=O)CN2CCCN(C(=O)OCC(C)C)CC2)c2ccc(OC)cc2)cc1. The van der Waals surface area contributed by atoms with Crippen LogP contribution in [0.1, 0.15) is 37.4 Å². The summed E-state index contributed by atoms with van der Waals surface area (Å²) in [6.07, 6.45) is 0.522. The largest absolute Gasteiger partial charge is 0.497 e. The number of hydrogen-bond acceptors (Lipinski definition) is 6. The molecule has 0 radical (unpaired) electrons. The minimum absolute atomic E-state index is 0.0718. The van der Waals surface area contributed by atoms with Gasteiger partial charge in [-0.05, 0) is 47.7 Å². The summed E-state index contributed by atoms with van der Waals surface area (Å²) < 4.78 is 15.9. The van der Waals surface area contributed by atoms with E-state index in [9.17, 15) is 9.59 Å². The number of carbonyl (C=O) groups is 2. The molecule has 0 spiro atoms. The van der Waals surface area contributed by atoms with E-state index in [0.717, 1.165) is 35.6 Å². The number of amides is 2. The number of rotatable bonds is 9. The van der Waals surface area contributed by atoms with Crippen molar-refractivity contribution in [1.29, 1.82) is 0 Å². The third-order valence-corrected chi connectivity index (χ3v) is 5.96. The first-order valence-corrected chi connectivity index (χ1v) is 12.1. The van der Waals surface area contributed by atoms with Crippen LogP contribution < -0.4 is 14.8 Å². The van der Waals surface area contributed by atoms with Crippen LogP contribution in [0.4, 0.5) is 4.79 Å². The van der Waals surface area contributed by atoms with Crippen LogP contribution in [0, 0.1) is 5.92 Å². The van der Waals surface area contributed by atoms with Crippen molar-refractivity contribution < 1.29 is 23.8 Å². The van der Waals surface area contributed by atoms with Gasteiger partial charge in [0.25, 0.3) is 0 Å². The second-order valence-corrected chi connectivity index (χ2v) is 9.13. The fourth-order valence-corrected chi connectivity index (χ4v) is 4.00. The van der Waals surface area contributed by atoms with Gasteiger partial charge in [0.2, 0.25) is 5.91 Å². The summed E-state index contributed by atoms with van der Waals surface area (Å²) in [5.41, 5.74) is 1.92. The Morgan fingerprint density at radius 2 is 1.43 bits per heavy atom. The molecule has 2 amide bonds. The zero-order valence-electron chi connectivity index (χ0n) is 21.2. The smallest absolute Gasteiger partial charge is 0.409 e. The summed E-state index contributed by atoms with van der Waals surface area (Å²) in [4.78, 5) is 29.3. The molecule has 1 N–H and O–H groups in total. The topological polar surface area (TPSA) is 80.3 Å². The van der Waals surface area contributed by atoms with Gasteiger partial charge in [-0.3, -0.25) is 9.69 Å². The van der Waals surface area contributed by atoms with Crippen molar-refractivity contribution in [3.05, 3.63) is 59.7 Å². The molecule has 0 aromatic heterocycles. The van der Waals surface area contributed by atoms with E-state index in [1.807, 2.05) is 62.4 Å². The first kappa shape index (κ1) is 26.3. The van der Waals surface area contributed by atoms with Gasteiger partial charge in [-0.15, -0.1) is 0 Å². The lowest BCUT2D eigenvalue weighted by atomic mass is 9.98. The van der Waals surface area contributed by atoms with Crippen LogP contribution >= 0.6 is 0 Å². The Labute approximate surface area is 208 Å². The second-order valence-electron chi connectivity index (χ2n) is 9.13. The highest BCUT2D eigenvalue weighted by molar-refractivity contribution is 5.79. The Bertz CT molecular complexity index is 899. The Hall–Kier alpha value is -3.26. The Morgan fingerprint density at radius 1 is 0.857 bits per heavy atom. The van der Waals surface area contributed by atoms with Crippen LogP contribution in [-0.2, 0) is 9.53 Å². The van der Waals surface area contributed by atoms with Crippen molar-refractivity contribution in [2.75, 3.05) is 53.6 Å². The van der Waals surface area contributed by atoms with Crippen LogP contribution in [0.5, 0.6) is 11.5 Å². The van der Waals surface area contributed by atoms with Crippen molar-refractivity contribution in [3.8, 4) is 11.5 Å². The minimum atomic E-state index is -0.311. The van der Waals surface area contributed by atoms with Gasteiger partial charge < -0.3 is 24.4 Å². The van der Waals surface area contributed by atoms with Gasteiger partial charge in [0.15, 0.2) is 0 Å². The number of hydrogen-bond donors (Lipinski definition) is 1. The van der Waals surface area contributed by atoms with Crippen LogP contribution in [0.25, 0.3) is 0 Å². The van der Waals surface area contributed by atoms with Gasteiger partial charge in [0, 0.05) is 26.2 Å². The molecule has 3 rings (SSSR count). The molecule has 2 aromatic carbocycles. The molecule has 0 aliphatic carbocycles. The maximum absolute atomic E-state index is 13.1. The van der Waals surface area contributed by atoms with E-state index in [0.29, 0.717) is 32.2 Å². The van der Waals surface area contributed by atoms with E-state index >= 15 is 0 Å². The molecule has 0 bridgehead atoms. The van der Waals surface area contributed by atoms with Crippen molar-refractivity contribution in [3.63, 3.8) is 0 Å². The maximum atomic E-state index is 13.1. The predicted molar refractivity (Wildman–Crippen MR) is 135 cm³/mol. The Kier molecular flexibility index (Phi) is 9.78. The number of ether oxygens (including phenoxy) is 3. The number of nitrogens with one attached hydrogen (secondary N) is 1. The number of methoxy groups -OCH3 is 2. The fraction of sp³-hybridized carbons (Fsp3) is 0.481. The molecule has 2 aromatic rings. The molecule has 8 nitrogen and oxygen atoms in total. The van der Waals surface area contributed by atoms with Gasteiger partial charge in [0.1, 0.15) is 11.5 Å². The molecule has 0 atom stereocenters. The molecule has 35 heavy (non-hydrogen) atoms. The molecule has 1 saturated heterocycles. The number of carbonyl (C=O) groups excluding carboxylic acids is 2. The second kappa shape index (κ2) is 13.0. The molecule has 1 aliphatic heterocycles.